The minimum atomic E-state index is -1.55. The number of hydrazine groups is 1. The van der Waals surface area contributed by atoms with Crippen LogP contribution < -0.4 is 11.3 Å². The maximum absolute atomic E-state index is 13.2. The largest absolute Gasteiger partial charge is 0.271 e. The SMILES string of the molecule is NNC(Cc1ccc(F)cc1Cl)c1cc(F)c(F)c(F)c1. The van der Waals surface area contributed by atoms with E-state index in [1.165, 1.54) is 12.1 Å². The van der Waals surface area contributed by atoms with E-state index in [1.54, 1.807) is 0 Å². The molecule has 1 unspecified atom stereocenters. The maximum atomic E-state index is 13.2. The number of hydrogen-bond acceptors (Lipinski definition) is 2. The smallest absolute Gasteiger partial charge is 0.194 e. The van der Waals surface area contributed by atoms with Crippen LogP contribution in [0.5, 0.6) is 0 Å². The minimum Gasteiger partial charge on any atom is -0.271 e. The topological polar surface area (TPSA) is 38.0 Å². The highest BCUT2D eigenvalue weighted by Crippen LogP contribution is 2.26. The van der Waals surface area contributed by atoms with Gasteiger partial charge in [-0.1, -0.05) is 17.7 Å². The summed E-state index contributed by atoms with van der Waals surface area (Å²) in [6.45, 7) is 0. The Morgan fingerprint density at radius 3 is 2.19 bits per heavy atom. The van der Waals surface area contributed by atoms with E-state index >= 15 is 0 Å². The van der Waals surface area contributed by atoms with E-state index in [9.17, 15) is 17.6 Å². The molecule has 0 spiro atoms. The van der Waals surface area contributed by atoms with Crippen molar-refractivity contribution >= 4 is 11.6 Å². The fourth-order valence-electron chi connectivity index (χ4n) is 1.96. The molecule has 0 saturated carbocycles. The zero-order valence-corrected chi connectivity index (χ0v) is 11.4. The van der Waals surface area contributed by atoms with Gasteiger partial charge in [0.05, 0.1) is 6.04 Å². The fourth-order valence-corrected chi connectivity index (χ4v) is 2.20. The Bertz CT molecular complexity index is 640. The van der Waals surface area contributed by atoms with Crippen LogP contribution in [-0.2, 0) is 6.42 Å². The Kier molecular flexibility index (Phi) is 4.82. The molecule has 21 heavy (non-hydrogen) atoms. The number of halogens is 5. The monoisotopic (exact) mass is 318 g/mol. The molecule has 0 radical (unpaired) electrons. The second-order valence-corrected chi connectivity index (χ2v) is 4.86. The molecule has 2 nitrogen and oxygen atoms in total. The molecule has 0 aliphatic carbocycles. The second kappa shape index (κ2) is 6.43. The lowest BCUT2D eigenvalue weighted by molar-refractivity contribution is 0.439. The van der Waals surface area contributed by atoms with Crippen molar-refractivity contribution in [1.82, 2.24) is 5.43 Å². The zero-order chi connectivity index (χ0) is 15.6. The molecule has 0 aliphatic rings. The van der Waals surface area contributed by atoms with Crippen LogP contribution in [0.4, 0.5) is 17.6 Å². The van der Waals surface area contributed by atoms with E-state index in [4.69, 9.17) is 17.4 Å². The molecule has 112 valence electrons. The summed E-state index contributed by atoms with van der Waals surface area (Å²) in [5, 5.41) is 0.165. The van der Waals surface area contributed by atoms with Crippen molar-refractivity contribution in [2.75, 3.05) is 0 Å². The molecule has 0 aromatic heterocycles. The van der Waals surface area contributed by atoms with Crippen LogP contribution in [0.15, 0.2) is 30.3 Å². The van der Waals surface area contributed by atoms with Gasteiger partial charge >= 0.3 is 0 Å². The van der Waals surface area contributed by atoms with Crippen LogP contribution in [0.2, 0.25) is 5.02 Å². The second-order valence-electron chi connectivity index (χ2n) is 4.46. The van der Waals surface area contributed by atoms with Gasteiger partial charge in [0.2, 0.25) is 0 Å². The van der Waals surface area contributed by atoms with Crippen molar-refractivity contribution in [3.8, 4) is 0 Å². The molecular formula is C14H11ClF4N2. The third-order valence-electron chi connectivity index (χ3n) is 3.05. The number of benzene rings is 2. The molecule has 2 rings (SSSR count). The third-order valence-corrected chi connectivity index (χ3v) is 3.40. The first-order valence-corrected chi connectivity index (χ1v) is 6.34. The van der Waals surface area contributed by atoms with Crippen molar-refractivity contribution in [1.29, 1.82) is 0 Å². The van der Waals surface area contributed by atoms with Crippen LogP contribution in [0.25, 0.3) is 0 Å². The van der Waals surface area contributed by atoms with Gasteiger partial charge in [-0.2, -0.15) is 0 Å². The van der Waals surface area contributed by atoms with Crippen LogP contribution >= 0.6 is 11.6 Å². The number of nitrogens with one attached hydrogen (secondary N) is 1. The first-order valence-electron chi connectivity index (χ1n) is 5.97. The van der Waals surface area contributed by atoms with Crippen molar-refractivity contribution < 1.29 is 17.6 Å². The average Bonchev–Trinajstić information content (AvgIpc) is 2.43. The molecule has 2 aromatic rings. The third kappa shape index (κ3) is 3.53. The van der Waals surface area contributed by atoms with Crippen LogP contribution in [-0.4, -0.2) is 0 Å². The normalized spacial score (nSPS) is 12.5. The highest BCUT2D eigenvalue weighted by atomic mass is 35.5. The molecule has 0 amide bonds. The first kappa shape index (κ1) is 15.8. The summed E-state index contributed by atoms with van der Waals surface area (Å²) in [6, 6.07) is 4.76. The van der Waals surface area contributed by atoms with Gasteiger partial charge in [-0.3, -0.25) is 11.3 Å². The number of hydrogen-bond donors (Lipinski definition) is 2. The first-order chi connectivity index (χ1) is 9.92. The predicted molar refractivity (Wildman–Crippen MR) is 71.5 cm³/mol. The Balaban J connectivity index is 2.32. The molecule has 7 heteroatoms. The summed E-state index contributed by atoms with van der Waals surface area (Å²) in [7, 11) is 0. The molecule has 0 aliphatic heterocycles. The van der Waals surface area contributed by atoms with Gasteiger partial charge in [-0.25, -0.2) is 17.6 Å². The van der Waals surface area contributed by atoms with E-state index in [2.05, 4.69) is 5.43 Å². The van der Waals surface area contributed by atoms with Crippen molar-refractivity contribution in [2.24, 2.45) is 5.84 Å². The average molecular weight is 319 g/mol. The summed E-state index contributed by atoms with van der Waals surface area (Å²) >= 11 is 5.89. The molecule has 1 atom stereocenters. The van der Waals surface area contributed by atoms with Gasteiger partial charge in [0.15, 0.2) is 17.5 Å². The minimum absolute atomic E-state index is 0.120. The van der Waals surface area contributed by atoms with Crippen LogP contribution in [0, 0.1) is 23.3 Å². The summed E-state index contributed by atoms with van der Waals surface area (Å²) in [5.74, 6) is 0.698. The van der Waals surface area contributed by atoms with Crippen molar-refractivity contribution in [3.05, 3.63) is 69.8 Å². The van der Waals surface area contributed by atoms with Crippen molar-refractivity contribution in [3.63, 3.8) is 0 Å². The molecule has 0 saturated heterocycles. The highest BCUT2D eigenvalue weighted by molar-refractivity contribution is 6.31. The zero-order valence-electron chi connectivity index (χ0n) is 10.6. The lowest BCUT2D eigenvalue weighted by Gasteiger charge is -2.17. The van der Waals surface area contributed by atoms with E-state index < -0.39 is 29.3 Å². The lowest BCUT2D eigenvalue weighted by Crippen LogP contribution is -2.30. The summed E-state index contributed by atoms with van der Waals surface area (Å²) in [5.41, 5.74) is 3.03. The Morgan fingerprint density at radius 2 is 1.67 bits per heavy atom. The lowest BCUT2D eigenvalue weighted by atomic mass is 9.99. The van der Waals surface area contributed by atoms with Gasteiger partial charge in [-0.15, -0.1) is 0 Å². The van der Waals surface area contributed by atoms with Crippen LogP contribution in [0.1, 0.15) is 17.2 Å². The quantitative estimate of drug-likeness (QED) is 0.391. The van der Waals surface area contributed by atoms with Gasteiger partial charge in [0, 0.05) is 5.02 Å². The predicted octanol–water partition coefficient (Wildman–Crippen LogP) is 3.64. The number of nitrogens with two attached hydrogens (primary N) is 1. The molecule has 0 heterocycles. The van der Waals surface area contributed by atoms with E-state index in [0.717, 1.165) is 18.2 Å². The van der Waals surface area contributed by atoms with E-state index in [1.807, 2.05) is 0 Å². The Morgan fingerprint density at radius 1 is 1.05 bits per heavy atom. The molecule has 0 bridgehead atoms. The van der Waals surface area contributed by atoms with E-state index in [0.29, 0.717) is 5.56 Å². The molecular weight excluding hydrogens is 308 g/mol. The van der Waals surface area contributed by atoms with Crippen LogP contribution in [0.3, 0.4) is 0 Å². The number of rotatable bonds is 4. The molecule has 2 aromatic carbocycles. The van der Waals surface area contributed by atoms with Gasteiger partial charge in [0.1, 0.15) is 5.82 Å². The molecule has 3 N–H and O–H groups in total. The summed E-state index contributed by atoms with van der Waals surface area (Å²) in [6.07, 6.45) is 0.153. The van der Waals surface area contributed by atoms with Gasteiger partial charge in [-0.05, 0) is 41.8 Å². The summed E-state index contributed by atoms with van der Waals surface area (Å²) in [4.78, 5) is 0. The standard InChI is InChI=1S/C14H11ClF4N2/c15-10-6-9(16)2-1-7(10)5-13(21-20)8-3-11(17)14(19)12(18)4-8/h1-4,6,13,21H,5,20H2. The van der Waals surface area contributed by atoms with Crippen molar-refractivity contribution in [2.45, 2.75) is 12.5 Å². The Hall–Kier alpha value is -1.63. The van der Waals surface area contributed by atoms with Gasteiger partial charge in [0.25, 0.3) is 0 Å². The summed E-state index contributed by atoms with van der Waals surface area (Å²) < 4.78 is 52.4. The Labute approximate surface area is 123 Å². The fraction of sp³-hybridized carbons (Fsp3) is 0.143. The van der Waals surface area contributed by atoms with E-state index in [-0.39, 0.29) is 17.0 Å². The maximum Gasteiger partial charge on any atom is 0.194 e. The highest BCUT2D eigenvalue weighted by Gasteiger charge is 2.18. The molecule has 0 fully saturated rings. The van der Waals surface area contributed by atoms with Gasteiger partial charge < -0.3 is 0 Å².